The van der Waals surface area contributed by atoms with E-state index >= 15 is 0 Å². The second-order valence-electron chi connectivity index (χ2n) is 5.01. The van der Waals surface area contributed by atoms with Crippen molar-refractivity contribution in [2.75, 3.05) is 26.4 Å². The minimum absolute atomic E-state index is 0.000852. The Morgan fingerprint density at radius 1 is 0.679 bits per heavy atom. The molecule has 0 saturated heterocycles. The zero-order valence-corrected chi connectivity index (χ0v) is 18.7. The minimum Gasteiger partial charge on any atom is -0.440 e. The van der Waals surface area contributed by atoms with Crippen LogP contribution in [0.1, 0.15) is 41.5 Å². The molecule has 0 aromatic heterocycles. The summed E-state index contributed by atoms with van der Waals surface area (Å²) in [6, 6.07) is 0. The Hall–Kier alpha value is -1.20. The first kappa shape index (κ1) is 26.8. The third kappa shape index (κ3) is 8.87. The first-order valence-electron chi connectivity index (χ1n) is 8.80. The van der Waals surface area contributed by atoms with Crippen LogP contribution in [0.4, 0.5) is 9.59 Å². The Labute approximate surface area is 165 Å². The van der Waals surface area contributed by atoms with Crippen LogP contribution >= 0.6 is 15.2 Å². The van der Waals surface area contributed by atoms with Crippen molar-refractivity contribution in [3.63, 3.8) is 0 Å². The molecule has 12 heteroatoms. The fraction of sp³-hybridized carbons (Fsp3) is 0.750. The van der Waals surface area contributed by atoms with Gasteiger partial charge in [0.1, 0.15) is 0 Å². The number of rotatable bonds is 12. The number of carbonyl (C=O) groups excluding carboxylic acids is 2. The van der Waals surface area contributed by atoms with Crippen molar-refractivity contribution in [1.82, 2.24) is 0 Å². The molecule has 10 nitrogen and oxygen atoms in total. The van der Waals surface area contributed by atoms with Gasteiger partial charge in [-0.1, -0.05) is 11.8 Å². The van der Waals surface area contributed by atoms with E-state index in [-0.39, 0.29) is 26.4 Å². The predicted molar refractivity (Wildman–Crippen MR) is 101 cm³/mol. The lowest BCUT2D eigenvalue weighted by molar-refractivity contribution is 0.132. The lowest BCUT2D eigenvalue weighted by Crippen LogP contribution is -2.17. The SMILES string of the molecule is CCOP(=O)(OCC)C(=O)OC(C)C#CC(C)OC(=O)P(=O)(OCC)OCC. The molecule has 0 radical (unpaired) electrons. The number of hydrogen-bond acceptors (Lipinski definition) is 10. The second kappa shape index (κ2) is 13.1. The monoisotopic (exact) mass is 442 g/mol. The van der Waals surface area contributed by atoms with Crippen LogP contribution in [0.5, 0.6) is 0 Å². The molecule has 2 atom stereocenters. The fourth-order valence-corrected chi connectivity index (χ4v) is 4.20. The summed E-state index contributed by atoms with van der Waals surface area (Å²) in [5, 5.41) is 0. The van der Waals surface area contributed by atoms with Crippen molar-refractivity contribution in [2.45, 2.75) is 53.8 Å². The van der Waals surface area contributed by atoms with Crippen molar-refractivity contribution in [3.05, 3.63) is 0 Å². The Morgan fingerprint density at radius 3 is 1.14 bits per heavy atom. The molecule has 0 rings (SSSR count). The van der Waals surface area contributed by atoms with Crippen LogP contribution < -0.4 is 0 Å². The summed E-state index contributed by atoms with van der Waals surface area (Å²) in [5.74, 6) is 5.03. The molecule has 0 spiro atoms. The molecule has 0 bridgehead atoms. The van der Waals surface area contributed by atoms with Crippen LogP contribution in [-0.4, -0.2) is 50.1 Å². The summed E-state index contributed by atoms with van der Waals surface area (Å²) in [4.78, 5) is 24.0. The molecule has 28 heavy (non-hydrogen) atoms. The maximum Gasteiger partial charge on any atom is 0.438 e. The molecular formula is C16H28O10P2. The zero-order valence-electron chi connectivity index (χ0n) is 17.0. The van der Waals surface area contributed by atoms with Gasteiger partial charge in [-0.15, -0.1) is 0 Å². The van der Waals surface area contributed by atoms with Gasteiger partial charge < -0.3 is 27.6 Å². The van der Waals surface area contributed by atoms with Gasteiger partial charge in [-0.2, -0.15) is 0 Å². The lowest BCUT2D eigenvalue weighted by atomic mass is 10.3. The van der Waals surface area contributed by atoms with Crippen LogP contribution in [0.3, 0.4) is 0 Å². The maximum atomic E-state index is 12.3. The average molecular weight is 442 g/mol. The van der Waals surface area contributed by atoms with Gasteiger partial charge in [0.05, 0.1) is 26.4 Å². The van der Waals surface area contributed by atoms with Gasteiger partial charge in [0, 0.05) is 0 Å². The molecule has 2 unspecified atom stereocenters. The Kier molecular flexibility index (Phi) is 12.5. The molecule has 0 saturated carbocycles. The van der Waals surface area contributed by atoms with Gasteiger partial charge in [0.15, 0.2) is 12.2 Å². The maximum absolute atomic E-state index is 12.3. The first-order chi connectivity index (χ1) is 13.1. The Bertz CT molecular complexity index is 592. The number of ether oxygens (including phenoxy) is 2. The fourth-order valence-electron chi connectivity index (χ4n) is 1.69. The van der Waals surface area contributed by atoms with Gasteiger partial charge >= 0.3 is 26.6 Å². The summed E-state index contributed by atoms with van der Waals surface area (Å²) in [6.07, 6.45) is -1.98. The van der Waals surface area contributed by atoms with E-state index in [0.717, 1.165) is 0 Å². The first-order valence-corrected chi connectivity index (χ1v) is 11.9. The van der Waals surface area contributed by atoms with E-state index in [4.69, 9.17) is 27.6 Å². The van der Waals surface area contributed by atoms with E-state index in [1.165, 1.54) is 13.8 Å². The second-order valence-corrected chi connectivity index (χ2v) is 8.76. The quantitative estimate of drug-likeness (QED) is 0.313. The van der Waals surface area contributed by atoms with Crippen molar-refractivity contribution < 1.29 is 46.3 Å². The van der Waals surface area contributed by atoms with Gasteiger partial charge in [0.2, 0.25) is 0 Å². The molecule has 0 heterocycles. The van der Waals surface area contributed by atoms with Crippen LogP contribution in [0.25, 0.3) is 0 Å². The van der Waals surface area contributed by atoms with Crippen LogP contribution in [0, 0.1) is 11.8 Å². The summed E-state index contributed by atoms with van der Waals surface area (Å²) in [7, 11) is -8.11. The molecule has 0 amide bonds. The van der Waals surface area contributed by atoms with Gasteiger partial charge in [0.25, 0.3) is 0 Å². The molecular weight excluding hydrogens is 414 g/mol. The molecule has 0 aromatic carbocycles. The summed E-state index contributed by atoms with van der Waals surface area (Å²) >= 11 is 0. The molecule has 0 fully saturated rings. The largest absolute Gasteiger partial charge is 0.440 e. The third-order valence-corrected chi connectivity index (χ3v) is 6.19. The van der Waals surface area contributed by atoms with E-state index < -0.39 is 38.8 Å². The summed E-state index contributed by atoms with van der Waals surface area (Å²) in [6.45, 7) is 9.07. The normalized spacial score (nSPS) is 13.8. The van der Waals surface area contributed by atoms with Gasteiger partial charge in [-0.05, 0) is 41.5 Å². The van der Waals surface area contributed by atoms with E-state index in [1.54, 1.807) is 27.7 Å². The van der Waals surface area contributed by atoms with E-state index in [1.807, 2.05) is 0 Å². The highest BCUT2D eigenvalue weighted by Gasteiger charge is 2.38. The highest BCUT2D eigenvalue weighted by atomic mass is 31.2. The van der Waals surface area contributed by atoms with Crippen LogP contribution in [0.2, 0.25) is 0 Å². The average Bonchev–Trinajstić information content (AvgIpc) is 2.60. The third-order valence-electron chi connectivity index (χ3n) is 2.69. The highest BCUT2D eigenvalue weighted by Crippen LogP contribution is 2.50. The van der Waals surface area contributed by atoms with Crippen molar-refractivity contribution in [3.8, 4) is 11.8 Å². The Morgan fingerprint density at radius 2 is 0.929 bits per heavy atom. The molecule has 0 aromatic rings. The van der Waals surface area contributed by atoms with Crippen molar-refractivity contribution in [1.29, 1.82) is 0 Å². The number of hydrogen-bond donors (Lipinski definition) is 0. The van der Waals surface area contributed by atoms with Crippen molar-refractivity contribution >= 4 is 26.6 Å². The van der Waals surface area contributed by atoms with Crippen LogP contribution in [0.15, 0.2) is 0 Å². The molecule has 162 valence electrons. The zero-order chi connectivity index (χ0) is 21.8. The summed E-state index contributed by atoms with van der Waals surface area (Å²) in [5.41, 5.74) is -2.33. The highest BCUT2D eigenvalue weighted by molar-refractivity contribution is 7.71. The van der Waals surface area contributed by atoms with Gasteiger partial charge in [-0.25, -0.2) is 18.7 Å². The minimum atomic E-state index is -4.06. The molecule has 0 aliphatic carbocycles. The topological polar surface area (TPSA) is 124 Å². The standard InChI is InChI=1S/C16H28O10P2/c1-7-21-27(19,22-8-2)15(17)25-13(5)11-12-14(6)26-16(18)28(20,23-9-3)24-10-4/h13-14H,7-10H2,1-6H3. The molecule has 0 aliphatic heterocycles. The lowest BCUT2D eigenvalue weighted by Gasteiger charge is -2.17. The molecule has 0 aliphatic rings. The number of carbonyl (C=O) groups is 2. The van der Waals surface area contributed by atoms with E-state index in [0.29, 0.717) is 0 Å². The van der Waals surface area contributed by atoms with Crippen LogP contribution in [-0.2, 0) is 36.7 Å². The smallest absolute Gasteiger partial charge is 0.438 e. The summed E-state index contributed by atoms with van der Waals surface area (Å²) < 4.78 is 53.9. The molecule has 0 N–H and O–H groups in total. The van der Waals surface area contributed by atoms with Crippen molar-refractivity contribution in [2.24, 2.45) is 0 Å². The Balaban J connectivity index is 4.93. The van der Waals surface area contributed by atoms with E-state index in [9.17, 15) is 18.7 Å². The van der Waals surface area contributed by atoms with Gasteiger partial charge in [-0.3, -0.25) is 0 Å². The predicted octanol–water partition coefficient (Wildman–Crippen LogP) is 4.57. The van der Waals surface area contributed by atoms with E-state index in [2.05, 4.69) is 11.8 Å².